The molecule has 0 atom stereocenters. The summed E-state index contributed by atoms with van der Waals surface area (Å²) in [6.07, 6.45) is 3.07. The van der Waals surface area contributed by atoms with Crippen molar-refractivity contribution in [2.45, 2.75) is 6.54 Å². The predicted molar refractivity (Wildman–Crippen MR) is 89.3 cm³/mol. The van der Waals surface area contributed by atoms with Crippen LogP contribution in [0.5, 0.6) is 0 Å². The van der Waals surface area contributed by atoms with Crippen molar-refractivity contribution in [2.75, 3.05) is 5.32 Å². The zero-order valence-electron chi connectivity index (χ0n) is 11.6. The van der Waals surface area contributed by atoms with E-state index in [9.17, 15) is 4.79 Å². The molecule has 6 nitrogen and oxygen atoms in total. The quantitative estimate of drug-likeness (QED) is 0.732. The lowest BCUT2D eigenvalue weighted by atomic mass is 10.2. The van der Waals surface area contributed by atoms with Crippen LogP contribution in [0, 0.1) is 0 Å². The number of benzene rings is 1. The summed E-state index contributed by atoms with van der Waals surface area (Å²) in [4.78, 5) is 12.0. The first-order valence-corrected chi connectivity index (χ1v) is 7.64. The van der Waals surface area contributed by atoms with Gasteiger partial charge in [-0.05, 0) is 12.1 Å². The molecule has 2 N–H and O–H groups in total. The predicted octanol–water partition coefficient (Wildman–Crippen LogP) is 3.87. The summed E-state index contributed by atoms with van der Waals surface area (Å²) in [6.45, 7) is 0.388. The normalized spacial score (nSPS) is 10.7. The number of aromatic amines is 1. The topological polar surface area (TPSA) is 75.6 Å². The van der Waals surface area contributed by atoms with Gasteiger partial charge in [0.2, 0.25) is 0 Å². The van der Waals surface area contributed by atoms with Crippen molar-refractivity contribution in [2.24, 2.45) is 0 Å². The summed E-state index contributed by atoms with van der Waals surface area (Å²) in [5.74, 6) is -0.0441. The summed E-state index contributed by atoms with van der Waals surface area (Å²) < 4.78 is 1.62. The molecule has 2 aromatic heterocycles. The molecule has 1 amide bonds. The van der Waals surface area contributed by atoms with Gasteiger partial charge in [-0.25, -0.2) is 0 Å². The van der Waals surface area contributed by atoms with Crippen LogP contribution in [-0.2, 0) is 6.54 Å². The van der Waals surface area contributed by atoms with Gasteiger partial charge in [-0.15, -0.1) is 0 Å². The average molecular weight is 371 g/mol. The number of anilines is 1. The van der Waals surface area contributed by atoms with Crippen LogP contribution < -0.4 is 5.32 Å². The first-order chi connectivity index (χ1) is 11.0. The molecule has 0 radical (unpaired) electrons. The Bertz CT molecular complexity index is 837. The molecule has 0 bridgehead atoms. The average Bonchev–Trinajstić information content (AvgIpc) is 3.12. The van der Waals surface area contributed by atoms with Gasteiger partial charge in [0.1, 0.15) is 5.69 Å². The Kier molecular flexibility index (Phi) is 4.56. The van der Waals surface area contributed by atoms with E-state index in [1.807, 2.05) is 0 Å². The van der Waals surface area contributed by atoms with Gasteiger partial charge in [-0.3, -0.25) is 14.6 Å². The standard InChI is InChI=1S/C14H10Cl3N5O/c15-9-2-1-3-10(16)8(9)7-22-5-4-12(21-22)19-14(23)13-11(17)6-18-20-13/h1-6H,7H2,(H,18,20)(H,19,21,23). The van der Waals surface area contributed by atoms with E-state index in [1.165, 1.54) is 6.20 Å². The van der Waals surface area contributed by atoms with Crippen molar-refractivity contribution in [1.82, 2.24) is 20.0 Å². The molecular formula is C14H10Cl3N5O. The van der Waals surface area contributed by atoms with Crippen molar-refractivity contribution in [3.05, 3.63) is 63.0 Å². The lowest BCUT2D eigenvalue weighted by Crippen LogP contribution is -2.14. The van der Waals surface area contributed by atoms with Crippen LogP contribution in [0.4, 0.5) is 5.82 Å². The molecule has 0 saturated carbocycles. The molecule has 9 heteroatoms. The molecule has 3 aromatic rings. The summed E-state index contributed by atoms with van der Waals surface area (Å²) in [6, 6.07) is 6.95. The lowest BCUT2D eigenvalue weighted by molar-refractivity contribution is 0.102. The van der Waals surface area contributed by atoms with Crippen molar-refractivity contribution in [3.63, 3.8) is 0 Å². The minimum absolute atomic E-state index is 0.176. The molecule has 0 spiro atoms. The highest BCUT2D eigenvalue weighted by Gasteiger charge is 2.14. The Morgan fingerprint density at radius 2 is 1.91 bits per heavy atom. The number of halogens is 3. The van der Waals surface area contributed by atoms with Crippen molar-refractivity contribution >= 4 is 46.5 Å². The van der Waals surface area contributed by atoms with Gasteiger partial charge in [0.15, 0.2) is 5.82 Å². The smallest absolute Gasteiger partial charge is 0.276 e. The van der Waals surface area contributed by atoms with E-state index in [0.717, 1.165) is 5.56 Å². The first kappa shape index (κ1) is 15.9. The molecule has 1 aromatic carbocycles. The fourth-order valence-electron chi connectivity index (χ4n) is 1.97. The zero-order valence-corrected chi connectivity index (χ0v) is 13.8. The number of aromatic nitrogens is 4. The molecule has 0 fully saturated rings. The zero-order chi connectivity index (χ0) is 16.4. The van der Waals surface area contributed by atoms with E-state index in [1.54, 1.807) is 35.1 Å². The molecule has 0 aliphatic carbocycles. The van der Waals surface area contributed by atoms with E-state index in [-0.39, 0.29) is 10.7 Å². The van der Waals surface area contributed by atoms with Gasteiger partial charge in [0, 0.05) is 27.9 Å². The molecule has 0 aliphatic rings. The molecular weight excluding hydrogens is 361 g/mol. The molecule has 0 saturated heterocycles. The molecule has 0 aliphatic heterocycles. The minimum atomic E-state index is -0.423. The highest BCUT2D eigenvalue weighted by atomic mass is 35.5. The number of nitrogens with zero attached hydrogens (tertiary/aromatic N) is 3. The minimum Gasteiger partial charge on any atom is -0.304 e. The number of amides is 1. The van der Waals surface area contributed by atoms with Crippen LogP contribution in [0.3, 0.4) is 0 Å². The molecule has 23 heavy (non-hydrogen) atoms. The third-order valence-corrected chi connectivity index (χ3v) is 4.08. The molecule has 118 valence electrons. The maximum atomic E-state index is 12.0. The number of H-pyrrole nitrogens is 1. The van der Waals surface area contributed by atoms with Gasteiger partial charge in [-0.1, -0.05) is 40.9 Å². The highest BCUT2D eigenvalue weighted by molar-refractivity contribution is 6.36. The number of rotatable bonds is 4. The molecule has 2 heterocycles. The third kappa shape index (κ3) is 3.50. The number of hydrogen-bond acceptors (Lipinski definition) is 3. The monoisotopic (exact) mass is 369 g/mol. The Morgan fingerprint density at radius 1 is 1.17 bits per heavy atom. The molecule has 3 rings (SSSR count). The first-order valence-electron chi connectivity index (χ1n) is 6.51. The van der Waals surface area contributed by atoms with Crippen LogP contribution in [0.1, 0.15) is 16.1 Å². The van der Waals surface area contributed by atoms with E-state index in [2.05, 4.69) is 20.6 Å². The van der Waals surface area contributed by atoms with Gasteiger partial charge in [0.05, 0.1) is 17.8 Å². The molecule has 0 unspecified atom stereocenters. The second-order valence-corrected chi connectivity index (χ2v) is 5.87. The van der Waals surface area contributed by atoms with E-state index >= 15 is 0 Å². The van der Waals surface area contributed by atoms with Crippen LogP contribution in [0.25, 0.3) is 0 Å². The maximum Gasteiger partial charge on any atom is 0.276 e. The second kappa shape index (κ2) is 6.62. The van der Waals surface area contributed by atoms with Gasteiger partial charge < -0.3 is 5.32 Å². The summed E-state index contributed by atoms with van der Waals surface area (Å²) >= 11 is 18.1. The summed E-state index contributed by atoms with van der Waals surface area (Å²) in [5, 5.41) is 14.5. The van der Waals surface area contributed by atoms with E-state index in [0.29, 0.717) is 22.4 Å². The Morgan fingerprint density at radius 3 is 2.57 bits per heavy atom. The van der Waals surface area contributed by atoms with E-state index < -0.39 is 5.91 Å². The van der Waals surface area contributed by atoms with Gasteiger partial charge in [0.25, 0.3) is 5.91 Å². The van der Waals surface area contributed by atoms with Gasteiger partial charge in [-0.2, -0.15) is 10.2 Å². The highest BCUT2D eigenvalue weighted by Crippen LogP contribution is 2.25. The van der Waals surface area contributed by atoms with Crippen molar-refractivity contribution in [1.29, 1.82) is 0 Å². The SMILES string of the molecule is O=C(Nc1ccn(Cc2c(Cl)cccc2Cl)n1)c1[nH]ncc1Cl. The second-order valence-electron chi connectivity index (χ2n) is 4.65. The maximum absolute atomic E-state index is 12.0. The number of carbonyl (C=O) groups excluding carboxylic acids is 1. The fraction of sp³-hybridized carbons (Fsp3) is 0.0714. The van der Waals surface area contributed by atoms with Crippen LogP contribution in [0.2, 0.25) is 15.1 Å². The third-order valence-electron chi connectivity index (χ3n) is 3.08. The van der Waals surface area contributed by atoms with E-state index in [4.69, 9.17) is 34.8 Å². The van der Waals surface area contributed by atoms with Gasteiger partial charge >= 0.3 is 0 Å². The van der Waals surface area contributed by atoms with Crippen molar-refractivity contribution < 1.29 is 4.79 Å². The Balaban J connectivity index is 1.74. The number of hydrogen-bond donors (Lipinski definition) is 2. The summed E-state index contributed by atoms with van der Waals surface area (Å²) in [5.41, 5.74) is 0.934. The number of nitrogens with one attached hydrogen (secondary N) is 2. The van der Waals surface area contributed by atoms with Crippen LogP contribution in [0.15, 0.2) is 36.7 Å². The van der Waals surface area contributed by atoms with Crippen LogP contribution in [-0.4, -0.2) is 25.9 Å². The Hall–Kier alpha value is -2.02. The largest absolute Gasteiger partial charge is 0.304 e. The fourth-order valence-corrected chi connectivity index (χ4v) is 2.67. The van der Waals surface area contributed by atoms with Crippen molar-refractivity contribution in [3.8, 4) is 0 Å². The number of carbonyl (C=O) groups is 1. The lowest BCUT2D eigenvalue weighted by Gasteiger charge is -2.07. The van der Waals surface area contributed by atoms with Crippen LogP contribution >= 0.6 is 34.8 Å². The summed E-state index contributed by atoms with van der Waals surface area (Å²) in [7, 11) is 0. The Labute approximate surface area is 146 Å².